The number of aromatic nitrogens is 2. The Balaban J connectivity index is 0.00000280. The Morgan fingerprint density at radius 2 is 2.11 bits per heavy atom. The lowest BCUT2D eigenvalue weighted by Gasteiger charge is -2.32. The van der Waals surface area contributed by atoms with Gasteiger partial charge in [-0.1, -0.05) is 25.1 Å². The van der Waals surface area contributed by atoms with Gasteiger partial charge in [0.05, 0.1) is 17.9 Å². The summed E-state index contributed by atoms with van der Waals surface area (Å²) in [5.74, 6) is 2.00. The van der Waals surface area contributed by atoms with E-state index in [-0.39, 0.29) is 24.0 Å². The van der Waals surface area contributed by atoms with Crippen LogP contribution in [-0.4, -0.2) is 47.2 Å². The van der Waals surface area contributed by atoms with Gasteiger partial charge in [0.25, 0.3) is 0 Å². The van der Waals surface area contributed by atoms with Crippen molar-refractivity contribution >= 4 is 29.9 Å². The van der Waals surface area contributed by atoms with Crippen LogP contribution in [-0.2, 0) is 13.1 Å². The van der Waals surface area contributed by atoms with Crippen molar-refractivity contribution in [2.45, 2.75) is 51.7 Å². The third-order valence-electron chi connectivity index (χ3n) is 4.86. The first-order chi connectivity index (χ1) is 13.1. The summed E-state index contributed by atoms with van der Waals surface area (Å²) in [5, 5.41) is 10.9. The molecule has 0 saturated carbocycles. The highest BCUT2D eigenvalue weighted by molar-refractivity contribution is 14.0. The lowest BCUT2D eigenvalue weighted by molar-refractivity contribution is 0.196. The van der Waals surface area contributed by atoms with Gasteiger partial charge in [-0.25, -0.2) is 0 Å². The number of aliphatic imine (C=N–C) groups is 1. The summed E-state index contributed by atoms with van der Waals surface area (Å²) < 4.78 is 5.37. The molecule has 2 aromatic rings. The largest absolute Gasteiger partial charge is 0.359 e. The van der Waals surface area contributed by atoms with Crippen LogP contribution >= 0.6 is 24.0 Å². The summed E-state index contributed by atoms with van der Waals surface area (Å²) in [6.45, 7) is 7.84. The van der Waals surface area contributed by atoms with Gasteiger partial charge in [-0.2, -0.15) is 0 Å². The molecule has 8 heteroatoms. The van der Waals surface area contributed by atoms with Gasteiger partial charge in [-0.3, -0.25) is 14.9 Å². The van der Waals surface area contributed by atoms with E-state index in [1.165, 1.54) is 0 Å². The normalized spacial score (nSPS) is 16.1. The van der Waals surface area contributed by atoms with E-state index in [1.54, 1.807) is 7.05 Å². The molecule has 0 bridgehead atoms. The monoisotopic (exact) mass is 498 g/mol. The average Bonchev–Trinajstić information content (AvgIpc) is 3.17. The lowest BCUT2D eigenvalue weighted by atomic mass is 10.0. The second-order valence-electron chi connectivity index (χ2n) is 7.31. The van der Waals surface area contributed by atoms with E-state index in [0.717, 1.165) is 55.6 Å². The molecular weight excluding hydrogens is 467 g/mol. The van der Waals surface area contributed by atoms with Gasteiger partial charge in [0.1, 0.15) is 0 Å². The molecule has 0 radical (unpaired) electrons. The standard InChI is InChI=1S/C20H30N6O.HI/c1-15(2)19-12-18(27-25-19)13-23-20(21-3)24-16-7-10-26(11-8-16)14-17-6-4-5-9-22-17;/h4-6,9,12,15-16H,7-8,10-11,13-14H2,1-3H3,(H2,21,23,24);1H. The predicted molar refractivity (Wildman–Crippen MR) is 122 cm³/mol. The summed E-state index contributed by atoms with van der Waals surface area (Å²) in [4.78, 5) is 11.2. The van der Waals surface area contributed by atoms with Crippen LogP contribution in [0.4, 0.5) is 0 Å². The van der Waals surface area contributed by atoms with Crippen molar-refractivity contribution in [1.29, 1.82) is 0 Å². The first kappa shape index (κ1) is 22.6. The highest BCUT2D eigenvalue weighted by Gasteiger charge is 2.20. The molecule has 0 atom stereocenters. The maximum absolute atomic E-state index is 5.37. The van der Waals surface area contributed by atoms with Crippen molar-refractivity contribution in [3.8, 4) is 0 Å². The van der Waals surface area contributed by atoms with Gasteiger partial charge in [-0.05, 0) is 30.9 Å². The summed E-state index contributed by atoms with van der Waals surface area (Å²) >= 11 is 0. The molecule has 1 aliphatic rings. The number of rotatable bonds is 6. The molecule has 7 nitrogen and oxygen atoms in total. The highest BCUT2D eigenvalue weighted by atomic mass is 127. The summed E-state index contributed by atoms with van der Waals surface area (Å²) in [6, 6.07) is 8.52. The quantitative estimate of drug-likeness (QED) is 0.362. The zero-order valence-electron chi connectivity index (χ0n) is 16.9. The van der Waals surface area contributed by atoms with Crippen LogP contribution in [0.1, 0.15) is 49.8 Å². The van der Waals surface area contributed by atoms with Crippen molar-refractivity contribution in [1.82, 2.24) is 25.7 Å². The smallest absolute Gasteiger partial charge is 0.191 e. The SMILES string of the molecule is CN=C(NCc1cc(C(C)C)no1)NC1CCN(Cc2ccccn2)CC1.I. The van der Waals surface area contributed by atoms with Gasteiger partial charge >= 0.3 is 0 Å². The Morgan fingerprint density at radius 3 is 2.71 bits per heavy atom. The molecule has 28 heavy (non-hydrogen) atoms. The maximum atomic E-state index is 5.37. The van der Waals surface area contributed by atoms with Gasteiger partial charge < -0.3 is 15.2 Å². The second kappa shape index (κ2) is 11.4. The Bertz CT molecular complexity index is 725. The third kappa shape index (κ3) is 6.73. The van der Waals surface area contributed by atoms with E-state index >= 15 is 0 Å². The molecule has 0 aromatic carbocycles. The van der Waals surface area contributed by atoms with E-state index in [0.29, 0.717) is 18.5 Å². The molecule has 1 fully saturated rings. The number of likely N-dealkylation sites (tertiary alicyclic amines) is 1. The third-order valence-corrected chi connectivity index (χ3v) is 4.86. The molecule has 0 amide bonds. The number of halogens is 1. The molecular formula is C20H31IN6O. The lowest BCUT2D eigenvalue weighted by Crippen LogP contribution is -2.48. The average molecular weight is 498 g/mol. The minimum atomic E-state index is 0. The zero-order valence-corrected chi connectivity index (χ0v) is 19.2. The Kier molecular flexibility index (Phi) is 9.17. The minimum absolute atomic E-state index is 0. The van der Waals surface area contributed by atoms with Crippen LogP contribution in [0.15, 0.2) is 40.0 Å². The first-order valence-corrected chi connectivity index (χ1v) is 9.69. The molecule has 0 aliphatic carbocycles. The van der Waals surface area contributed by atoms with Crippen molar-refractivity contribution < 1.29 is 4.52 Å². The van der Waals surface area contributed by atoms with Gasteiger partial charge in [0.2, 0.25) is 0 Å². The number of piperidine rings is 1. The van der Waals surface area contributed by atoms with Crippen LogP contribution in [0.25, 0.3) is 0 Å². The van der Waals surface area contributed by atoms with Crippen molar-refractivity contribution in [3.05, 3.63) is 47.6 Å². The fraction of sp³-hybridized carbons (Fsp3) is 0.550. The zero-order chi connectivity index (χ0) is 19.1. The number of guanidine groups is 1. The second-order valence-corrected chi connectivity index (χ2v) is 7.31. The number of hydrogen-bond acceptors (Lipinski definition) is 5. The van der Waals surface area contributed by atoms with Crippen molar-refractivity contribution in [2.24, 2.45) is 4.99 Å². The summed E-state index contributed by atoms with van der Waals surface area (Å²) in [5.41, 5.74) is 2.12. The molecule has 1 saturated heterocycles. The van der Waals surface area contributed by atoms with E-state index < -0.39 is 0 Å². The predicted octanol–water partition coefficient (Wildman–Crippen LogP) is 3.14. The summed E-state index contributed by atoms with van der Waals surface area (Å²) in [6.07, 6.45) is 4.04. The number of nitrogens with zero attached hydrogens (tertiary/aromatic N) is 4. The molecule has 0 spiro atoms. The van der Waals surface area contributed by atoms with E-state index in [9.17, 15) is 0 Å². The number of pyridine rings is 1. The van der Waals surface area contributed by atoms with Crippen LogP contribution in [0.3, 0.4) is 0 Å². The van der Waals surface area contributed by atoms with Crippen molar-refractivity contribution in [2.75, 3.05) is 20.1 Å². The Labute approximate surface area is 184 Å². The highest BCUT2D eigenvalue weighted by Crippen LogP contribution is 2.14. The van der Waals surface area contributed by atoms with Crippen LogP contribution < -0.4 is 10.6 Å². The fourth-order valence-electron chi connectivity index (χ4n) is 3.20. The van der Waals surface area contributed by atoms with Crippen molar-refractivity contribution in [3.63, 3.8) is 0 Å². The van der Waals surface area contributed by atoms with Gasteiger partial charge in [-0.15, -0.1) is 24.0 Å². The molecule has 2 aromatic heterocycles. The number of nitrogens with one attached hydrogen (secondary N) is 2. The molecule has 154 valence electrons. The van der Waals surface area contributed by atoms with E-state index in [1.807, 2.05) is 24.4 Å². The van der Waals surface area contributed by atoms with Crippen LogP contribution in [0.5, 0.6) is 0 Å². The molecule has 3 rings (SSSR count). The Hall–Kier alpha value is -1.68. The van der Waals surface area contributed by atoms with Gasteiger partial charge in [0.15, 0.2) is 11.7 Å². The first-order valence-electron chi connectivity index (χ1n) is 9.69. The minimum Gasteiger partial charge on any atom is -0.359 e. The topological polar surface area (TPSA) is 78.6 Å². The van der Waals surface area contributed by atoms with Crippen LogP contribution in [0, 0.1) is 0 Å². The van der Waals surface area contributed by atoms with Crippen LogP contribution in [0.2, 0.25) is 0 Å². The van der Waals surface area contributed by atoms with Gasteiger partial charge in [0, 0.05) is 45.0 Å². The summed E-state index contributed by atoms with van der Waals surface area (Å²) in [7, 11) is 1.80. The maximum Gasteiger partial charge on any atom is 0.191 e. The van der Waals surface area contributed by atoms with E-state index in [2.05, 4.69) is 50.6 Å². The molecule has 3 heterocycles. The molecule has 1 aliphatic heterocycles. The number of hydrogen-bond donors (Lipinski definition) is 2. The molecule has 2 N–H and O–H groups in total. The van der Waals surface area contributed by atoms with E-state index in [4.69, 9.17) is 4.52 Å². The molecule has 0 unspecified atom stereocenters. The fourth-order valence-corrected chi connectivity index (χ4v) is 3.20. The Morgan fingerprint density at radius 1 is 1.32 bits per heavy atom.